The molecule has 1 fully saturated rings. The van der Waals surface area contributed by atoms with Gasteiger partial charge >= 0.3 is 0 Å². The smallest absolute Gasteiger partial charge is 0.244 e. The molecule has 1 aliphatic rings. The van der Waals surface area contributed by atoms with Gasteiger partial charge in [0.25, 0.3) is 0 Å². The number of anilines is 1. The standard InChI is InChI=1S/C23H28N4O4S2/c1-4-16-7-6-8-18(13-16)24-23(28)17-9-11-27(12-10-17)33(29,30)20-14-19(32-15(20)3)22-25-21(5-2)31-26-22/h6-8,13-14,17H,4-5,9-12H2,1-3H3,(H,24,28). The van der Waals surface area contributed by atoms with E-state index in [4.69, 9.17) is 4.52 Å². The molecule has 1 aliphatic heterocycles. The molecule has 176 valence electrons. The number of nitrogens with one attached hydrogen (secondary N) is 1. The van der Waals surface area contributed by atoms with Crippen LogP contribution in [-0.2, 0) is 27.7 Å². The Labute approximate surface area is 198 Å². The second kappa shape index (κ2) is 9.74. The van der Waals surface area contributed by atoms with Crippen molar-refractivity contribution in [2.24, 2.45) is 5.92 Å². The Hall–Kier alpha value is -2.56. The van der Waals surface area contributed by atoms with Crippen molar-refractivity contribution in [3.8, 4) is 10.7 Å². The van der Waals surface area contributed by atoms with Gasteiger partial charge < -0.3 is 9.84 Å². The van der Waals surface area contributed by atoms with Gasteiger partial charge in [-0.2, -0.15) is 9.29 Å². The van der Waals surface area contributed by atoms with Crippen molar-refractivity contribution in [1.29, 1.82) is 0 Å². The molecule has 1 aromatic carbocycles. The fourth-order valence-corrected chi connectivity index (χ4v) is 6.90. The van der Waals surface area contributed by atoms with E-state index in [1.165, 1.54) is 15.6 Å². The second-order valence-electron chi connectivity index (χ2n) is 8.12. The summed E-state index contributed by atoms with van der Waals surface area (Å²) in [4.78, 5) is 18.7. The zero-order valence-electron chi connectivity index (χ0n) is 19.0. The van der Waals surface area contributed by atoms with E-state index in [1.807, 2.05) is 31.2 Å². The van der Waals surface area contributed by atoms with Gasteiger partial charge in [-0.3, -0.25) is 4.79 Å². The lowest BCUT2D eigenvalue weighted by molar-refractivity contribution is -0.120. The number of aromatic nitrogens is 2. The average Bonchev–Trinajstić information content (AvgIpc) is 3.46. The maximum absolute atomic E-state index is 13.3. The van der Waals surface area contributed by atoms with Crippen LogP contribution in [0.4, 0.5) is 5.69 Å². The lowest BCUT2D eigenvalue weighted by Crippen LogP contribution is -2.41. The van der Waals surface area contributed by atoms with Gasteiger partial charge in [-0.15, -0.1) is 11.3 Å². The van der Waals surface area contributed by atoms with Gasteiger partial charge in [0.05, 0.1) is 9.77 Å². The molecule has 0 unspecified atom stereocenters. The highest BCUT2D eigenvalue weighted by molar-refractivity contribution is 7.89. The van der Waals surface area contributed by atoms with Gasteiger partial charge in [0, 0.05) is 36.0 Å². The number of benzene rings is 1. The van der Waals surface area contributed by atoms with Crippen molar-refractivity contribution >= 4 is 33.0 Å². The molecule has 0 radical (unpaired) electrons. The number of hydrogen-bond acceptors (Lipinski definition) is 7. The van der Waals surface area contributed by atoms with Gasteiger partial charge in [-0.05, 0) is 49.9 Å². The van der Waals surface area contributed by atoms with Crippen LogP contribution in [0.1, 0.15) is 43.0 Å². The second-order valence-corrected chi connectivity index (χ2v) is 11.3. The molecule has 1 amide bonds. The lowest BCUT2D eigenvalue weighted by atomic mass is 9.97. The number of aryl methyl sites for hydroxylation is 3. The summed E-state index contributed by atoms with van der Waals surface area (Å²) in [5.41, 5.74) is 1.94. The largest absolute Gasteiger partial charge is 0.339 e. The van der Waals surface area contributed by atoms with E-state index in [-0.39, 0.29) is 16.7 Å². The zero-order valence-corrected chi connectivity index (χ0v) is 20.6. The fraction of sp³-hybridized carbons (Fsp3) is 0.435. The predicted molar refractivity (Wildman–Crippen MR) is 128 cm³/mol. The number of carbonyl (C=O) groups excluding carboxylic acids is 1. The summed E-state index contributed by atoms with van der Waals surface area (Å²) < 4.78 is 33.3. The Morgan fingerprint density at radius 3 is 2.64 bits per heavy atom. The quantitative estimate of drug-likeness (QED) is 0.532. The number of piperidine rings is 1. The predicted octanol–water partition coefficient (Wildman–Crippen LogP) is 4.27. The number of carbonyl (C=O) groups is 1. The Bertz CT molecular complexity index is 1240. The first-order chi connectivity index (χ1) is 15.8. The molecule has 3 aromatic rings. The van der Waals surface area contributed by atoms with Crippen LogP contribution in [-0.4, -0.2) is 41.9 Å². The van der Waals surface area contributed by atoms with Crippen LogP contribution < -0.4 is 5.32 Å². The number of nitrogens with zero attached hydrogens (tertiary/aromatic N) is 3. The number of hydrogen-bond donors (Lipinski definition) is 1. The van der Waals surface area contributed by atoms with Crippen LogP contribution >= 0.6 is 11.3 Å². The van der Waals surface area contributed by atoms with Crippen molar-refractivity contribution in [2.45, 2.75) is 51.3 Å². The molecule has 0 bridgehead atoms. The van der Waals surface area contributed by atoms with E-state index in [2.05, 4.69) is 22.4 Å². The molecule has 8 nitrogen and oxygen atoms in total. The zero-order chi connectivity index (χ0) is 23.6. The van der Waals surface area contributed by atoms with Crippen LogP contribution in [0.5, 0.6) is 0 Å². The molecule has 0 atom stereocenters. The Balaban J connectivity index is 1.42. The Morgan fingerprint density at radius 1 is 1.21 bits per heavy atom. The van der Waals surface area contributed by atoms with Crippen LogP contribution in [0.15, 0.2) is 39.8 Å². The molecular formula is C23H28N4O4S2. The summed E-state index contributed by atoms with van der Waals surface area (Å²) in [5.74, 6) is 0.650. The van der Waals surface area contributed by atoms with Crippen LogP contribution in [0.25, 0.3) is 10.7 Å². The molecule has 2 aromatic heterocycles. The maximum Gasteiger partial charge on any atom is 0.244 e. The van der Waals surface area contributed by atoms with Crippen LogP contribution in [0, 0.1) is 12.8 Å². The fourth-order valence-electron chi connectivity index (χ4n) is 3.94. The van der Waals surface area contributed by atoms with Gasteiger partial charge in [-0.1, -0.05) is 31.1 Å². The minimum absolute atomic E-state index is 0.0573. The average molecular weight is 489 g/mol. The summed E-state index contributed by atoms with van der Waals surface area (Å²) in [6, 6.07) is 9.43. The van der Waals surface area contributed by atoms with Crippen molar-refractivity contribution in [1.82, 2.24) is 14.4 Å². The first-order valence-corrected chi connectivity index (χ1v) is 13.4. The monoisotopic (exact) mass is 488 g/mol. The summed E-state index contributed by atoms with van der Waals surface area (Å²) >= 11 is 1.34. The van der Waals surface area contributed by atoms with Crippen molar-refractivity contribution in [3.05, 3.63) is 46.7 Å². The summed E-state index contributed by atoms with van der Waals surface area (Å²) in [5, 5.41) is 6.93. The Morgan fingerprint density at radius 2 is 1.97 bits per heavy atom. The molecule has 10 heteroatoms. The van der Waals surface area contributed by atoms with Gasteiger partial charge in [-0.25, -0.2) is 8.42 Å². The molecule has 4 rings (SSSR count). The highest BCUT2D eigenvalue weighted by Gasteiger charge is 2.34. The third kappa shape index (κ3) is 5.02. The summed E-state index contributed by atoms with van der Waals surface area (Å²) in [6.07, 6.45) is 2.49. The molecule has 3 heterocycles. The molecular weight excluding hydrogens is 460 g/mol. The van der Waals surface area contributed by atoms with Crippen LogP contribution in [0.3, 0.4) is 0 Å². The van der Waals surface area contributed by atoms with Gasteiger partial charge in [0.15, 0.2) is 0 Å². The van der Waals surface area contributed by atoms with Gasteiger partial charge in [0.1, 0.15) is 0 Å². The number of sulfonamides is 1. The first-order valence-electron chi connectivity index (χ1n) is 11.1. The summed E-state index contributed by atoms with van der Waals surface area (Å²) in [7, 11) is -3.67. The Kier molecular flexibility index (Phi) is 6.96. The van der Waals surface area contributed by atoms with E-state index >= 15 is 0 Å². The highest BCUT2D eigenvalue weighted by atomic mass is 32.2. The van der Waals surface area contributed by atoms with E-state index < -0.39 is 10.0 Å². The third-order valence-electron chi connectivity index (χ3n) is 5.91. The van der Waals surface area contributed by atoms with Crippen molar-refractivity contribution in [2.75, 3.05) is 18.4 Å². The van der Waals surface area contributed by atoms with Crippen LogP contribution in [0.2, 0.25) is 0 Å². The maximum atomic E-state index is 13.3. The normalized spacial score (nSPS) is 15.6. The number of rotatable bonds is 7. The lowest BCUT2D eigenvalue weighted by Gasteiger charge is -2.30. The van der Waals surface area contributed by atoms with Crippen molar-refractivity contribution < 1.29 is 17.7 Å². The molecule has 33 heavy (non-hydrogen) atoms. The third-order valence-corrected chi connectivity index (χ3v) is 9.11. The highest BCUT2D eigenvalue weighted by Crippen LogP contribution is 2.35. The van der Waals surface area contributed by atoms with Gasteiger partial charge in [0.2, 0.25) is 27.6 Å². The number of thiophene rings is 1. The van der Waals surface area contributed by atoms with E-state index in [0.717, 1.165) is 17.7 Å². The van der Waals surface area contributed by atoms with E-state index in [0.29, 0.717) is 53.8 Å². The minimum Gasteiger partial charge on any atom is -0.339 e. The van der Waals surface area contributed by atoms with E-state index in [9.17, 15) is 13.2 Å². The molecule has 0 spiro atoms. The molecule has 1 N–H and O–H groups in total. The first kappa shape index (κ1) is 23.6. The SMILES string of the molecule is CCc1cccc(NC(=O)C2CCN(S(=O)(=O)c3cc(-c4noc(CC)n4)sc3C)CC2)c1. The molecule has 0 saturated carbocycles. The minimum atomic E-state index is -3.67. The number of amides is 1. The topological polar surface area (TPSA) is 105 Å². The molecule has 1 saturated heterocycles. The van der Waals surface area contributed by atoms with E-state index in [1.54, 1.807) is 13.0 Å². The van der Waals surface area contributed by atoms with Crippen molar-refractivity contribution in [3.63, 3.8) is 0 Å². The molecule has 0 aliphatic carbocycles. The summed E-state index contributed by atoms with van der Waals surface area (Å²) in [6.45, 7) is 6.38.